The number of rotatable bonds is 12. The summed E-state index contributed by atoms with van der Waals surface area (Å²) in [6.07, 6.45) is 0.104. The van der Waals surface area contributed by atoms with Crippen molar-refractivity contribution in [1.29, 1.82) is 0 Å². The molecule has 2 N–H and O–H groups in total. The average Bonchev–Trinajstić information content (AvgIpc) is 2.92. The van der Waals surface area contributed by atoms with E-state index in [1.54, 1.807) is 74.5 Å². The van der Waals surface area contributed by atoms with Crippen molar-refractivity contribution < 1.29 is 28.1 Å². The van der Waals surface area contributed by atoms with Crippen molar-refractivity contribution >= 4 is 46.1 Å². The second-order valence-corrected chi connectivity index (χ2v) is 9.89. The van der Waals surface area contributed by atoms with Crippen LogP contribution in [0.15, 0.2) is 77.7 Å². The fourth-order valence-electron chi connectivity index (χ4n) is 3.57. The summed E-state index contributed by atoms with van der Waals surface area (Å²) in [6.45, 7) is 4.25. The summed E-state index contributed by atoms with van der Waals surface area (Å²) in [5.41, 5.74) is 2.16. The first-order chi connectivity index (χ1) is 18.3. The maximum atomic E-state index is 12.9. The van der Waals surface area contributed by atoms with Gasteiger partial charge in [-0.3, -0.25) is 4.79 Å². The van der Waals surface area contributed by atoms with E-state index in [0.29, 0.717) is 26.7 Å². The third-order valence-electron chi connectivity index (χ3n) is 5.49. The quantitative estimate of drug-likeness (QED) is 0.300. The molecule has 1 amide bonds. The number of ether oxygens (including phenoxy) is 2. The number of esters is 2. The van der Waals surface area contributed by atoms with Gasteiger partial charge in [-0.05, 0) is 80.1 Å². The van der Waals surface area contributed by atoms with Gasteiger partial charge in [0.15, 0.2) is 0 Å². The van der Waals surface area contributed by atoms with Gasteiger partial charge < -0.3 is 14.8 Å². The number of hydrogen-bond acceptors (Lipinski definition) is 6. The maximum Gasteiger partial charge on any atom is 0.338 e. The molecular weight excluding hydrogens is 528 g/mol. The standard InChI is InChI=1S/C28H29ClN2O6S/c1-3-36-27(33)20-7-13-24(14-8-20)31-26(32)17-22(19-5-11-23(29)12-6-19)18-30-38(35)25-15-9-21(10-16-25)28(34)37-4-2/h5-16,22,30H,3-4,17-18H2,1-2H3,(H,31,32). The molecule has 0 spiro atoms. The molecule has 0 aliphatic heterocycles. The second kappa shape index (κ2) is 14.4. The van der Waals surface area contributed by atoms with Gasteiger partial charge in [0.05, 0.1) is 29.2 Å². The van der Waals surface area contributed by atoms with Crippen LogP contribution in [0.25, 0.3) is 0 Å². The second-order valence-electron chi connectivity index (χ2n) is 8.16. The largest absolute Gasteiger partial charge is 0.462 e. The van der Waals surface area contributed by atoms with Gasteiger partial charge in [-0.15, -0.1) is 0 Å². The highest BCUT2D eigenvalue weighted by atomic mass is 35.5. The molecule has 0 fully saturated rings. The lowest BCUT2D eigenvalue weighted by atomic mass is 9.95. The summed E-state index contributed by atoms with van der Waals surface area (Å²) in [4.78, 5) is 37.0. The lowest BCUT2D eigenvalue weighted by Gasteiger charge is -2.18. The van der Waals surface area contributed by atoms with Gasteiger partial charge in [0.1, 0.15) is 11.0 Å². The van der Waals surface area contributed by atoms with E-state index in [9.17, 15) is 18.6 Å². The number of amides is 1. The number of anilines is 1. The highest BCUT2D eigenvalue weighted by Crippen LogP contribution is 2.23. The molecule has 38 heavy (non-hydrogen) atoms. The highest BCUT2D eigenvalue weighted by molar-refractivity contribution is 7.83. The Hall–Kier alpha value is -3.53. The number of carbonyl (C=O) groups excluding carboxylic acids is 3. The van der Waals surface area contributed by atoms with E-state index in [0.717, 1.165) is 5.56 Å². The van der Waals surface area contributed by atoms with Crippen LogP contribution in [-0.4, -0.2) is 41.8 Å². The first kappa shape index (κ1) is 29.0. The lowest BCUT2D eigenvalue weighted by molar-refractivity contribution is -0.116. The van der Waals surface area contributed by atoms with E-state index < -0.39 is 22.9 Å². The van der Waals surface area contributed by atoms with E-state index >= 15 is 0 Å². The zero-order valence-corrected chi connectivity index (χ0v) is 22.6. The van der Waals surface area contributed by atoms with Crippen LogP contribution in [0, 0.1) is 0 Å². The van der Waals surface area contributed by atoms with Crippen molar-refractivity contribution in [1.82, 2.24) is 4.72 Å². The molecule has 0 radical (unpaired) electrons. The van der Waals surface area contributed by atoms with Crippen molar-refractivity contribution in [2.45, 2.75) is 31.1 Å². The minimum Gasteiger partial charge on any atom is -0.462 e. The van der Waals surface area contributed by atoms with Crippen molar-refractivity contribution in [3.05, 3.63) is 94.5 Å². The third kappa shape index (κ3) is 8.51. The number of benzene rings is 3. The van der Waals surface area contributed by atoms with Gasteiger partial charge >= 0.3 is 11.9 Å². The molecule has 10 heteroatoms. The molecule has 0 saturated carbocycles. The molecule has 2 unspecified atom stereocenters. The monoisotopic (exact) mass is 556 g/mol. The Bertz CT molecular complexity index is 1260. The number of nitrogens with one attached hydrogen (secondary N) is 2. The maximum absolute atomic E-state index is 12.9. The Labute approximate surface area is 229 Å². The molecule has 0 heterocycles. The predicted octanol–water partition coefficient (Wildman–Crippen LogP) is 5.12. The van der Waals surface area contributed by atoms with E-state index in [-0.39, 0.29) is 38.0 Å². The first-order valence-electron chi connectivity index (χ1n) is 12.1. The van der Waals surface area contributed by atoms with Gasteiger partial charge in [-0.1, -0.05) is 23.7 Å². The third-order valence-corrected chi connectivity index (χ3v) is 6.87. The zero-order chi connectivity index (χ0) is 27.5. The van der Waals surface area contributed by atoms with Crippen LogP contribution in [-0.2, 0) is 25.3 Å². The fraction of sp³-hybridized carbons (Fsp3) is 0.250. The molecular formula is C28H29ClN2O6S. The van der Waals surface area contributed by atoms with E-state index in [2.05, 4.69) is 10.0 Å². The topological polar surface area (TPSA) is 111 Å². The number of halogens is 1. The fourth-order valence-corrected chi connectivity index (χ4v) is 4.60. The smallest absolute Gasteiger partial charge is 0.338 e. The van der Waals surface area contributed by atoms with Crippen molar-refractivity contribution in [3.63, 3.8) is 0 Å². The molecule has 0 aliphatic rings. The van der Waals surface area contributed by atoms with Gasteiger partial charge in [-0.25, -0.2) is 18.5 Å². The normalized spacial score (nSPS) is 12.3. The van der Waals surface area contributed by atoms with E-state index in [4.69, 9.17) is 21.1 Å². The zero-order valence-electron chi connectivity index (χ0n) is 21.1. The van der Waals surface area contributed by atoms with Crippen LogP contribution < -0.4 is 10.0 Å². The summed E-state index contributed by atoms with van der Waals surface area (Å²) < 4.78 is 25.8. The Morgan fingerprint density at radius 3 is 1.87 bits per heavy atom. The molecule has 0 aromatic heterocycles. The average molecular weight is 557 g/mol. The Kier molecular flexibility index (Phi) is 11.0. The predicted molar refractivity (Wildman–Crippen MR) is 147 cm³/mol. The molecule has 0 bridgehead atoms. The van der Waals surface area contributed by atoms with E-state index in [1.807, 2.05) is 12.1 Å². The highest BCUT2D eigenvalue weighted by Gasteiger charge is 2.19. The molecule has 2 atom stereocenters. The Balaban J connectivity index is 1.65. The minimum atomic E-state index is -1.57. The summed E-state index contributed by atoms with van der Waals surface area (Å²) in [6, 6.07) is 19.9. The lowest BCUT2D eigenvalue weighted by Crippen LogP contribution is -2.27. The minimum absolute atomic E-state index is 0.104. The van der Waals surface area contributed by atoms with Crippen molar-refractivity contribution in [3.8, 4) is 0 Å². The van der Waals surface area contributed by atoms with Crippen LogP contribution >= 0.6 is 11.6 Å². The van der Waals surface area contributed by atoms with Crippen LogP contribution in [0.1, 0.15) is 52.5 Å². The van der Waals surface area contributed by atoms with Gasteiger partial charge in [0, 0.05) is 29.6 Å². The SMILES string of the molecule is CCOC(=O)c1ccc(NC(=O)CC(CNS(=O)c2ccc(C(=O)OCC)cc2)c2ccc(Cl)cc2)cc1. The van der Waals surface area contributed by atoms with Crippen molar-refractivity contribution in [2.75, 3.05) is 25.1 Å². The van der Waals surface area contributed by atoms with Crippen molar-refractivity contribution in [2.24, 2.45) is 0 Å². The summed E-state index contributed by atoms with van der Waals surface area (Å²) in [5, 5.41) is 3.40. The Morgan fingerprint density at radius 1 is 0.816 bits per heavy atom. The van der Waals surface area contributed by atoms with Gasteiger partial charge in [0.2, 0.25) is 5.91 Å². The number of hydrogen-bond donors (Lipinski definition) is 2. The Morgan fingerprint density at radius 2 is 1.34 bits per heavy atom. The van der Waals surface area contributed by atoms with Crippen LogP contribution in [0.4, 0.5) is 5.69 Å². The molecule has 3 aromatic rings. The van der Waals surface area contributed by atoms with Crippen LogP contribution in [0.2, 0.25) is 5.02 Å². The van der Waals surface area contributed by atoms with Crippen LogP contribution in [0.5, 0.6) is 0 Å². The molecule has 200 valence electrons. The summed E-state index contributed by atoms with van der Waals surface area (Å²) in [7, 11) is -1.57. The molecule has 0 aliphatic carbocycles. The molecule has 8 nitrogen and oxygen atoms in total. The summed E-state index contributed by atoms with van der Waals surface area (Å²) in [5.74, 6) is -1.43. The van der Waals surface area contributed by atoms with E-state index in [1.165, 1.54) is 0 Å². The first-order valence-corrected chi connectivity index (χ1v) is 13.6. The number of carbonyl (C=O) groups is 3. The molecule has 3 rings (SSSR count). The molecule has 3 aromatic carbocycles. The van der Waals surface area contributed by atoms with Gasteiger partial charge in [0.25, 0.3) is 0 Å². The van der Waals surface area contributed by atoms with Crippen LogP contribution in [0.3, 0.4) is 0 Å². The van der Waals surface area contributed by atoms with Gasteiger partial charge in [-0.2, -0.15) is 0 Å². The summed E-state index contributed by atoms with van der Waals surface area (Å²) >= 11 is 6.04. The molecule has 0 saturated heterocycles.